The molecule has 2 aromatic heterocycles. The minimum atomic E-state index is -0.413. The van der Waals surface area contributed by atoms with Gasteiger partial charge in [-0.1, -0.05) is 24.8 Å². The molecule has 1 aliphatic carbocycles. The van der Waals surface area contributed by atoms with Crippen molar-refractivity contribution in [3.8, 4) is 5.82 Å². The average molecular weight is 364 g/mol. The standard InChI is InChI=1S/C21H24N4O2/c1-5-7-15-10-11-17(22)20(15)13(2)18-8-6-9-19(24-18)25-14(3)16(12-23-25)21(26)27-4/h5-9,12,17H,1,10-11,22H2,2-4H3/b15-7-,20-13-. The van der Waals surface area contributed by atoms with E-state index in [1.54, 1.807) is 10.8 Å². The predicted molar refractivity (Wildman–Crippen MR) is 106 cm³/mol. The van der Waals surface area contributed by atoms with Gasteiger partial charge in [0.1, 0.15) is 5.56 Å². The quantitative estimate of drug-likeness (QED) is 0.841. The van der Waals surface area contributed by atoms with Crippen molar-refractivity contribution in [1.29, 1.82) is 0 Å². The molecule has 0 spiro atoms. The highest BCUT2D eigenvalue weighted by Crippen LogP contribution is 2.35. The minimum absolute atomic E-state index is 0.000905. The zero-order valence-electron chi connectivity index (χ0n) is 15.9. The molecule has 1 fully saturated rings. The van der Waals surface area contributed by atoms with E-state index in [1.807, 2.05) is 38.1 Å². The monoisotopic (exact) mass is 364 g/mol. The van der Waals surface area contributed by atoms with Gasteiger partial charge in [0, 0.05) is 6.04 Å². The van der Waals surface area contributed by atoms with E-state index in [1.165, 1.54) is 18.9 Å². The van der Waals surface area contributed by atoms with Gasteiger partial charge in [-0.2, -0.15) is 5.10 Å². The number of methoxy groups -OCH3 is 1. The molecule has 0 amide bonds. The molecule has 27 heavy (non-hydrogen) atoms. The average Bonchev–Trinajstić information content (AvgIpc) is 3.24. The molecule has 0 saturated heterocycles. The van der Waals surface area contributed by atoms with Crippen LogP contribution in [0.25, 0.3) is 11.4 Å². The number of ether oxygens (including phenoxy) is 1. The zero-order chi connectivity index (χ0) is 19.6. The van der Waals surface area contributed by atoms with Crippen molar-refractivity contribution in [2.24, 2.45) is 5.73 Å². The Kier molecular flexibility index (Phi) is 5.37. The van der Waals surface area contributed by atoms with Crippen LogP contribution in [0.3, 0.4) is 0 Å². The lowest BCUT2D eigenvalue weighted by Crippen LogP contribution is -2.18. The van der Waals surface area contributed by atoms with E-state index in [9.17, 15) is 4.79 Å². The first kappa shape index (κ1) is 18.8. The number of rotatable bonds is 4. The number of hydrogen-bond acceptors (Lipinski definition) is 5. The molecular weight excluding hydrogens is 340 g/mol. The summed E-state index contributed by atoms with van der Waals surface area (Å²) in [6.45, 7) is 7.66. The minimum Gasteiger partial charge on any atom is -0.465 e. The SMILES string of the molecule is C=C/C=C1/CCC(N)/C1=C(/C)c1cccc(-n2ncc(C(=O)OC)c2C)n1. The molecule has 1 aliphatic rings. The van der Waals surface area contributed by atoms with Crippen molar-refractivity contribution in [1.82, 2.24) is 14.8 Å². The van der Waals surface area contributed by atoms with Crippen molar-refractivity contribution in [3.63, 3.8) is 0 Å². The molecule has 6 nitrogen and oxygen atoms in total. The summed E-state index contributed by atoms with van der Waals surface area (Å²) >= 11 is 0. The van der Waals surface area contributed by atoms with Gasteiger partial charge in [-0.15, -0.1) is 0 Å². The number of aromatic nitrogens is 3. The maximum atomic E-state index is 11.8. The van der Waals surface area contributed by atoms with Crippen LogP contribution < -0.4 is 5.73 Å². The summed E-state index contributed by atoms with van der Waals surface area (Å²) in [6.07, 6.45) is 7.19. The van der Waals surface area contributed by atoms with Gasteiger partial charge in [0.15, 0.2) is 5.82 Å². The Bertz CT molecular complexity index is 953. The fourth-order valence-electron chi connectivity index (χ4n) is 3.50. The summed E-state index contributed by atoms with van der Waals surface area (Å²) in [5, 5.41) is 4.30. The van der Waals surface area contributed by atoms with Crippen molar-refractivity contribution in [3.05, 3.63) is 71.2 Å². The first-order valence-corrected chi connectivity index (χ1v) is 8.87. The van der Waals surface area contributed by atoms with Gasteiger partial charge >= 0.3 is 5.97 Å². The fourth-order valence-corrected chi connectivity index (χ4v) is 3.50. The van der Waals surface area contributed by atoms with Gasteiger partial charge < -0.3 is 10.5 Å². The normalized spacial score (nSPS) is 20.0. The summed E-state index contributed by atoms with van der Waals surface area (Å²) in [7, 11) is 1.35. The molecule has 0 bridgehead atoms. The lowest BCUT2D eigenvalue weighted by molar-refractivity contribution is 0.0600. The summed E-state index contributed by atoms with van der Waals surface area (Å²) < 4.78 is 6.44. The van der Waals surface area contributed by atoms with E-state index >= 15 is 0 Å². The molecule has 1 atom stereocenters. The van der Waals surface area contributed by atoms with Crippen molar-refractivity contribution >= 4 is 11.5 Å². The summed E-state index contributed by atoms with van der Waals surface area (Å²) in [5.74, 6) is 0.227. The Morgan fingerprint density at radius 1 is 1.44 bits per heavy atom. The molecule has 0 aromatic carbocycles. The Hall–Kier alpha value is -2.99. The Morgan fingerprint density at radius 3 is 2.93 bits per heavy atom. The van der Waals surface area contributed by atoms with E-state index in [-0.39, 0.29) is 6.04 Å². The summed E-state index contributed by atoms with van der Waals surface area (Å²) in [4.78, 5) is 16.6. The first-order valence-electron chi connectivity index (χ1n) is 8.87. The van der Waals surface area contributed by atoms with E-state index in [0.29, 0.717) is 17.1 Å². The lowest BCUT2D eigenvalue weighted by atomic mass is 9.98. The van der Waals surface area contributed by atoms with Gasteiger partial charge in [0.25, 0.3) is 0 Å². The molecule has 0 aliphatic heterocycles. The lowest BCUT2D eigenvalue weighted by Gasteiger charge is -2.13. The maximum absolute atomic E-state index is 11.8. The Labute approximate surface area is 159 Å². The second-order valence-corrected chi connectivity index (χ2v) is 6.54. The van der Waals surface area contributed by atoms with Crippen molar-refractivity contribution < 1.29 is 9.53 Å². The fraction of sp³-hybridized carbons (Fsp3) is 0.286. The van der Waals surface area contributed by atoms with Crippen LogP contribution in [0.4, 0.5) is 0 Å². The Morgan fingerprint density at radius 2 is 2.22 bits per heavy atom. The molecule has 3 rings (SSSR count). The number of esters is 1. The number of allylic oxidation sites excluding steroid dienone is 3. The highest BCUT2D eigenvalue weighted by atomic mass is 16.5. The van der Waals surface area contributed by atoms with Crippen LogP contribution in [0.2, 0.25) is 0 Å². The third kappa shape index (κ3) is 3.48. The number of hydrogen-bond donors (Lipinski definition) is 1. The molecule has 1 unspecified atom stereocenters. The molecule has 140 valence electrons. The van der Waals surface area contributed by atoms with Crippen LogP contribution in [-0.4, -0.2) is 33.9 Å². The van der Waals surface area contributed by atoms with Crippen LogP contribution in [-0.2, 0) is 4.74 Å². The van der Waals surface area contributed by atoms with E-state index in [0.717, 1.165) is 29.7 Å². The zero-order valence-corrected chi connectivity index (χ0v) is 15.9. The van der Waals surface area contributed by atoms with E-state index < -0.39 is 5.97 Å². The molecule has 2 aromatic rings. The smallest absolute Gasteiger partial charge is 0.341 e. The first-order chi connectivity index (χ1) is 13.0. The maximum Gasteiger partial charge on any atom is 0.341 e. The van der Waals surface area contributed by atoms with Gasteiger partial charge in [0.05, 0.1) is 24.7 Å². The molecule has 2 heterocycles. The number of carbonyl (C=O) groups excluding carboxylic acids is 1. The van der Waals surface area contributed by atoms with Crippen LogP contribution in [0.5, 0.6) is 0 Å². The largest absolute Gasteiger partial charge is 0.465 e. The number of pyridine rings is 1. The number of nitrogens with zero attached hydrogens (tertiary/aromatic N) is 3. The molecular formula is C21H24N4O2. The predicted octanol–water partition coefficient (Wildman–Crippen LogP) is 3.37. The van der Waals surface area contributed by atoms with Crippen LogP contribution in [0.1, 0.15) is 41.5 Å². The number of carbonyl (C=O) groups is 1. The van der Waals surface area contributed by atoms with Gasteiger partial charge in [-0.05, 0) is 55.5 Å². The topological polar surface area (TPSA) is 83.0 Å². The highest BCUT2D eigenvalue weighted by molar-refractivity contribution is 5.90. The molecule has 2 N–H and O–H groups in total. The summed E-state index contributed by atoms with van der Waals surface area (Å²) in [5.41, 5.74) is 11.7. The highest BCUT2D eigenvalue weighted by Gasteiger charge is 2.25. The van der Waals surface area contributed by atoms with Gasteiger partial charge in [0.2, 0.25) is 0 Å². The molecule has 0 radical (unpaired) electrons. The van der Waals surface area contributed by atoms with Gasteiger partial charge in [-0.3, -0.25) is 0 Å². The number of nitrogens with two attached hydrogens (primary N) is 1. The Balaban J connectivity index is 2.05. The van der Waals surface area contributed by atoms with Crippen LogP contribution in [0, 0.1) is 6.92 Å². The van der Waals surface area contributed by atoms with Gasteiger partial charge in [-0.25, -0.2) is 14.5 Å². The second-order valence-electron chi connectivity index (χ2n) is 6.54. The molecule has 6 heteroatoms. The third-order valence-electron chi connectivity index (χ3n) is 4.92. The van der Waals surface area contributed by atoms with Crippen molar-refractivity contribution in [2.75, 3.05) is 7.11 Å². The second kappa shape index (κ2) is 7.72. The van der Waals surface area contributed by atoms with E-state index in [2.05, 4.69) is 11.7 Å². The van der Waals surface area contributed by atoms with E-state index in [4.69, 9.17) is 15.5 Å². The van der Waals surface area contributed by atoms with Crippen molar-refractivity contribution in [2.45, 2.75) is 32.7 Å². The van der Waals surface area contributed by atoms with Crippen LogP contribution in [0.15, 0.2) is 54.3 Å². The molecule has 1 saturated carbocycles. The summed E-state index contributed by atoms with van der Waals surface area (Å²) in [6, 6.07) is 5.75. The third-order valence-corrected chi connectivity index (χ3v) is 4.92. The van der Waals surface area contributed by atoms with Crippen LogP contribution >= 0.6 is 0 Å².